The first-order valence-corrected chi connectivity index (χ1v) is 7.67. The van der Waals surface area contributed by atoms with Crippen LogP contribution in [-0.4, -0.2) is 8.42 Å². The summed E-state index contributed by atoms with van der Waals surface area (Å²) in [7, 11) is -3.61. The maximum atomic E-state index is 11.7. The fraction of sp³-hybridized carbons (Fsp3) is 0.538. The van der Waals surface area contributed by atoms with Crippen molar-refractivity contribution in [2.24, 2.45) is 5.14 Å². The van der Waals surface area contributed by atoms with Crippen LogP contribution in [0.15, 0.2) is 23.1 Å². The number of benzene rings is 1. The highest BCUT2D eigenvalue weighted by atomic mass is 32.2. The van der Waals surface area contributed by atoms with Gasteiger partial charge in [-0.3, -0.25) is 0 Å². The monoisotopic (exact) mass is 253 g/mol. The zero-order chi connectivity index (χ0) is 12.5. The Morgan fingerprint density at radius 1 is 1.18 bits per heavy atom. The highest BCUT2D eigenvalue weighted by Crippen LogP contribution is 2.36. The average Bonchev–Trinajstić information content (AvgIpc) is 2.28. The molecular weight excluding hydrogens is 234 g/mol. The van der Waals surface area contributed by atoms with Crippen molar-refractivity contribution in [2.45, 2.75) is 49.8 Å². The molecule has 1 aliphatic carbocycles. The van der Waals surface area contributed by atoms with Gasteiger partial charge >= 0.3 is 0 Å². The molecule has 0 atom stereocenters. The predicted molar refractivity (Wildman–Crippen MR) is 68.4 cm³/mol. The molecule has 0 heterocycles. The number of primary sulfonamides is 1. The van der Waals surface area contributed by atoms with Gasteiger partial charge < -0.3 is 0 Å². The molecule has 17 heavy (non-hydrogen) atoms. The SMILES string of the molecule is Cc1cccc(C2CCCCC2)c1S(N)(=O)=O. The Balaban J connectivity index is 2.49. The van der Waals surface area contributed by atoms with Gasteiger partial charge in [0.15, 0.2) is 0 Å². The summed E-state index contributed by atoms with van der Waals surface area (Å²) in [5, 5.41) is 5.34. The maximum Gasteiger partial charge on any atom is 0.238 e. The van der Waals surface area contributed by atoms with E-state index in [0.717, 1.165) is 24.0 Å². The molecule has 1 fully saturated rings. The van der Waals surface area contributed by atoms with Crippen molar-refractivity contribution in [3.63, 3.8) is 0 Å². The molecule has 0 aliphatic heterocycles. The number of aryl methyl sites for hydroxylation is 1. The molecular formula is C13H19NO2S. The topological polar surface area (TPSA) is 60.2 Å². The van der Waals surface area contributed by atoms with Crippen molar-refractivity contribution < 1.29 is 8.42 Å². The van der Waals surface area contributed by atoms with Gasteiger partial charge in [0.2, 0.25) is 10.0 Å². The second kappa shape index (κ2) is 4.78. The summed E-state index contributed by atoms with van der Waals surface area (Å²) < 4.78 is 23.4. The quantitative estimate of drug-likeness (QED) is 0.881. The molecule has 0 unspecified atom stereocenters. The van der Waals surface area contributed by atoms with E-state index >= 15 is 0 Å². The van der Waals surface area contributed by atoms with Gasteiger partial charge in [0.25, 0.3) is 0 Å². The molecule has 1 aliphatic rings. The lowest BCUT2D eigenvalue weighted by atomic mass is 9.83. The zero-order valence-corrected chi connectivity index (χ0v) is 11.0. The zero-order valence-electron chi connectivity index (χ0n) is 10.1. The lowest BCUT2D eigenvalue weighted by Gasteiger charge is -2.24. The van der Waals surface area contributed by atoms with E-state index in [4.69, 9.17) is 5.14 Å². The van der Waals surface area contributed by atoms with Crippen LogP contribution in [0, 0.1) is 6.92 Å². The molecule has 4 heteroatoms. The van der Waals surface area contributed by atoms with Crippen molar-refractivity contribution >= 4 is 10.0 Å². The predicted octanol–water partition coefficient (Wildman–Crippen LogP) is 2.69. The van der Waals surface area contributed by atoms with Crippen molar-refractivity contribution in [3.8, 4) is 0 Å². The summed E-state index contributed by atoms with van der Waals surface area (Å²) >= 11 is 0. The Hall–Kier alpha value is -0.870. The third-order valence-electron chi connectivity index (χ3n) is 3.57. The molecule has 3 nitrogen and oxygen atoms in total. The van der Waals surface area contributed by atoms with E-state index in [0.29, 0.717) is 10.8 Å². The summed E-state index contributed by atoms with van der Waals surface area (Å²) in [6.07, 6.45) is 5.77. The van der Waals surface area contributed by atoms with Crippen molar-refractivity contribution in [1.82, 2.24) is 0 Å². The average molecular weight is 253 g/mol. The minimum atomic E-state index is -3.61. The fourth-order valence-corrected chi connectivity index (χ4v) is 3.88. The highest BCUT2D eigenvalue weighted by Gasteiger charge is 2.24. The van der Waals surface area contributed by atoms with Crippen LogP contribution in [0.5, 0.6) is 0 Å². The summed E-state index contributed by atoms with van der Waals surface area (Å²) in [6, 6.07) is 5.66. The molecule has 1 saturated carbocycles. The number of hydrogen-bond acceptors (Lipinski definition) is 2. The van der Waals surface area contributed by atoms with E-state index in [-0.39, 0.29) is 0 Å². The summed E-state index contributed by atoms with van der Waals surface area (Å²) in [5.41, 5.74) is 1.68. The molecule has 0 bridgehead atoms. The van der Waals surface area contributed by atoms with Crippen LogP contribution in [0.4, 0.5) is 0 Å². The maximum absolute atomic E-state index is 11.7. The standard InChI is InChI=1S/C13H19NO2S/c1-10-6-5-9-12(13(10)17(14,15)16)11-7-3-2-4-8-11/h5-6,9,11H,2-4,7-8H2,1H3,(H2,14,15,16). The number of rotatable bonds is 2. The molecule has 0 aromatic heterocycles. The van der Waals surface area contributed by atoms with Crippen LogP contribution < -0.4 is 5.14 Å². The third kappa shape index (κ3) is 2.69. The molecule has 2 N–H and O–H groups in total. The smallest absolute Gasteiger partial charge is 0.225 e. The Bertz CT molecular complexity index is 502. The van der Waals surface area contributed by atoms with Crippen LogP contribution in [0.3, 0.4) is 0 Å². The van der Waals surface area contributed by atoms with Crippen LogP contribution in [0.1, 0.15) is 49.1 Å². The van der Waals surface area contributed by atoms with Crippen molar-refractivity contribution in [3.05, 3.63) is 29.3 Å². The summed E-state index contributed by atoms with van der Waals surface area (Å²) in [6.45, 7) is 1.81. The van der Waals surface area contributed by atoms with Gasteiger partial charge in [-0.05, 0) is 36.8 Å². The molecule has 1 aromatic rings. The van der Waals surface area contributed by atoms with E-state index in [1.807, 2.05) is 25.1 Å². The summed E-state index contributed by atoms with van der Waals surface area (Å²) in [4.78, 5) is 0.354. The highest BCUT2D eigenvalue weighted by molar-refractivity contribution is 7.89. The second-order valence-corrected chi connectivity index (χ2v) is 6.37. The van der Waals surface area contributed by atoms with Gasteiger partial charge in [0.1, 0.15) is 0 Å². The molecule has 0 amide bonds. The first-order valence-electron chi connectivity index (χ1n) is 6.12. The lowest BCUT2D eigenvalue weighted by molar-refractivity contribution is 0.438. The lowest BCUT2D eigenvalue weighted by Crippen LogP contribution is -2.18. The molecule has 94 valence electrons. The summed E-state index contributed by atoms with van der Waals surface area (Å²) in [5.74, 6) is 0.358. The number of sulfonamides is 1. The van der Waals surface area contributed by atoms with E-state index < -0.39 is 10.0 Å². The number of nitrogens with two attached hydrogens (primary N) is 1. The van der Waals surface area contributed by atoms with Gasteiger partial charge in [0.05, 0.1) is 4.90 Å². The van der Waals surface area contributed by atoms with E-state index in [1.54, 1.807) is 0 Å². The molecule has 0 spiro atoms. The van der Waals surface area contributed by atoms with Crippen molar-refractivity contribution in [2.75, 3.05) is 0 Å². The second-order valence-electron chi connectivity index (χ2n) is 4.87. The van der Waals surface area contributed by atoms with E-state index in [1.165, 1.54) is 19.3 Å². The third-order valence-corrected chi connectivity index (χ3v) is 4.70. The number of hydrogen-bond donors (Lipinski definition) is 1. The van der Waals surface area contributed by atoms with Crippen LogP contribution in [-0.2, 0) is 10.0 Å². The first-order chi connectivity index (χ1) is 8.00. The first kappa shape index (κ1) is 12.6. The minimum absolute atomic E-state index is 0.354. The Labute approximate surface area is 103 Å². The van der Waals surface area contributed by atoms with Gasteiger partial charge in [-0.25, -0.2) is 13.6 Å². The Morgan fingerprint density at radius 3 is 2.41 bits per heavy atom. The van der Waals surface area contributed by atoms with Crippen LogP contribution in [0.2, 0.25) is 0 Å². The van der Waals surface area contributed by atoms with Gasteiger partial charge in [-0.2, -0.15) is 0 Å². The van der Waals surface area contributed by atoms with E-state index in [2.05, 4.69) is 0 Å². The molecule has 0 radical (unpaired) electrons. The molecule has 0 saturated heterocycles. The van der Waals surface area contributed by atoms with Crippen LogP contribution in [0.25, 0.3) is 0 Å². The molecule has 2 rings (SSSR count). The van der Waals surface area contributed by atoms with Gasteiger partial charge in [-0.15, -0.1) is 0 Å². The fourth-order valence-electron chi connectivity index (χ4n) is 2.80. The van der Waals surface area contributed by atoms with Gasteiger partial charge in [-0.1, -0.05) is 37.5 Å². The van der Waals surface area contributed by atoms with Crippen molar-refractivity contribution in [1.29, 1.82) is 0 Å². The molecule has 1 aromatic carbocycles. The largest absolute Gasteiger partial charge is 0.238 e. The van der Waals surface area contributed by atoms with Crippen LogP contribution >= 0.6 is 0 Å². The normalized spacial score (nSPS) is 18.2. The Kier molecular flexibility index (Phi) is 3.54. The van der Waals surface area contributed by atoms with Gasteiger partial charge in [0, 0.05) is 0 Å². The minimum Gasteiger partial charge on any atom is -0.225 e. The Morgan fingerprint density at radius 2 is 1.82 bits per heavy atom. The van der Waals surface area contributed by atoms with E-state index in [9.17, 15) is 8.42 Å².